The van der Waals surface area contributed by atoms with Crippen molar-refractivity contribution in [2.24, 2.45) is 5.92 Å². The highest BCUT2D eigenvalue weighted by Crippen LogP contribution is 2.27. The quantitative estimate of drug-likeness (QED) is 0.643. The summed E-state index contributed by atoms with van der Waals surface area (Å²) in [4.78, 5) is 0. The zero-order valence-electron chi connectivity index (χ0n) is 9.10. The second-order valence-electron chi connectivity index (χ2n) is 4.49. The van der Waals surface area contributed by atoms with E-state index in [1.807, 2.05) is 0 Å². The first kappa shape index (κ1) is 10.8. The molecule has 1 fully saturated rings. The van der Waals surface area contributed by atoms with Crippen molar-refractivity contribution < 1.29 is 0 Å². The molecule has 0 amide bonds. The van der Waals surface area contributed by atoms with Crippen LogP contribution in [-0.2, 0) is 0 Å². The Morgan fingerprint density at radius 3 is 2.62 bits per heavy atom. The summed E-state index contributed by atoms with van der Waals surface area (Å²) in [5.41, 5.74) is 1.28. The SMILES string of the molecule is C=C(C)CCN[C@H](C)C1CCCC1. The fourth-order valence-electron chi connectivity index (χ4n) is 2.14. The number of hydrogen-bond donors (Lipinski definition) is 1. The van der Waals surface area contributed by atoms with Crippen LogP contribution in [0.1, 0.15) is 46.0 Å². The summed E-state index contributed by atoms with van der Waals surface area (Å²) in [5.74, 6) is 0.935. The average molecular weight is 181 g/mol. The lowest BCUT2D eigenvalue weighted by Crippen LogP contribution is -2.32. The van der Waals surface area contributed by atoms with E-state index in [0.717, 1.165) is 18.9 Å². The van der Waals surface area contributed by atoms with Gasteiger partial charge in [0.15, 0.2) is 0 Å². The van der Waals surface area contributed by atoms with E-state index in [1.54, 1.807) is 0 Å². The van der Waals surface area contributed by atoms with Crippen molar-refractivity contribution in [1.29, 1.82) is 0 Å². The maximum Gasteiger partial charge on any atom is 0.00671 e. The second kappa shape index (κ2) is 5.43. The van der Waals surface area contributed by atoms with Crippen LogP contribution >= 0.6 is 0 Å². The summed E-state index contributed by atoms with van der Waals surface area (Å²) < 4.78 is 0. The molecule has 76 valence electrons. The van der Waals surface area contributed by atoms with Gasteiger partial charge < -0.3 is 5.32 Å². The molecule has 0 aromatic rings. The minimum Gasteiger partial charge on any atom is -0.314 e. The molecule has 0 aromatic carbocycles. The number of nitrogens with one attached hydrogen (secondary N) is 1. The zero-order chi connectivity index (χ0) is 9.68. The van der Waals surface area contributed by atoms with E-state index in [-0.39, 0.29) is 0 Å². The molecule has 0 bridgehead atoms. The summed E-state index contributed by atoms with van der Waals surface area (Å²) in [6, 6.07) is 0.710. The number of hydrogen-bond acceptors (Lipinski definition) is 1. The minimum absolute atomic E-state index is 0.710. The van der Waals surface area contributed by atoms with E-state index < -0.39 is 0 Å². The van der Waals surface area contributed by atoms with Crippen LogP contribution in [0.2, 0.25) is 0 Å². The topological polar surface area (TPSA) is 12.0 Å². The van der Waals surface area contributed by atoms with Crippen LogP contribution in [0.4, 0.5) is 0 Å². The molecule has 0 radical (unpaired) electrons. The zero-order valence-corrected chi connectivity index (χ0v) is 9.10. The first-order valence-electron chi connectivity index (χ1n) is 5.58. The van der Waals surface area contributed by atoms with Crippen LogP contribution in [-0.4, -0.2) is 12.6 Å². The summed E-state index contributed by atoms with van der Waals surface area (Å²) in [6.07, 6.45) is 6.87. The molecule has 1 aliphatic rings. The van der Waals surface area contributed by atoms with Gasteiger partial charge in [-0.2, -0.15) is 0 Å². The Bertz CT molecular complexity index is 157. The Balaban J connectivity index is 2.09. The molecular formula is C12H23N. The van der Waals surface area contributed by atoms with Crippen molar-refractivity contribution in [3.8, 4) is 0 Å². The van der Waals surface area contributed by atoms with Crippen molar-refractivity contribution in [2.75, 3.05) is 6.54 Å². The maximum absolute atomic E-state index is 3.91. The molecule has 0 spiro atoms. The Labute approximate surface area is 82.6 Å². The fraction of sp³-hybridized carbons (Fsp3) is 0.833. The molecule has 1 aliphatic carbocycles. The smallest absolute Gasteiger partial charge is 0.00671 e. The molecule has 0 aliphatic heterocycles. The molecule has 0 unspecified atom stereocenters. The molecule has 1 N–H and O–H groups in total. The van der Waals surface area contributed by atoms with Gasteiger partial charge in [-0.3, -0.25) is 0 Å². The average Bonchev–Trinajstić information content (AvgIpc) is 2.55. The van der Waals surface area contributed by atoms with Crippen molar-refractivity contribution in [1.82, 2.24) is 5.32 Å². The third-order valence-corrected chi connectivity index (χ3v) is 3.13. The Morgan fingerprint density at radius 1 is 1.46 bits per heavy atom. The summed E-state index contributed by atoms with van der Waals surface area (Å²) >= 11 is 0. The Morgan fingerprint density at radius 2 is 2.08 bits per heavy atom. The third kappa shape index (κ3) is 3.95. The van der Waals surface area contributed by atoms with Crippen molar-refractivity contribution in [3.63, 3.8) is 0 Å². The molecule has 0 aromatic heterocycles. The molecule has 1 atom stereocenters. The van der Waals surface area contributed by atoms with Crippen molar-refractivity contribution in [2.45, 2.75) is 52.0 Å². The van der Waals surface area contributed by atoms with E-state index in [4.69, 9.17) is 0 Å². The van der Waals surface area contributed by atoms with Crippen LogP contribution in [0.3, 0.4) is 0 Å². The van der Waals surface area contributed by atoms with Gasteiger partial charge in [-0.1, -0.05) is 18.4 Å². The van der Waals surface area contributed by atoms with Crippen molar-refractivity contribution in [3.05, 3.63) is 12.2 Å². The van der Waals surface area contributed by atoms with E-state index in [9.17, 15) is 0 Å². The van der Waals surface area contributed by atoms with Crippen LogP contribution in [0.15, 0.2) is 12.2 Å². The molecule has 13 heavy (non-hydrogen) atoms. The first-order chi connectivity index (χ1) is 6.20. The summed E-state index contributed by atoms with van der Waals surface area (Å²) in [5, 5.41) is 3.60. The fourth-order valence-corrected chi connectivity index (χ4v) is 2.14. The predicted molar refractivity (Wildman–Crippen MR) is 58.9 cm³/mol. The number of rotatable bonds is 5. The summed E-state index contributed by atoms with van der Waals surface area (Å²) in [7, 11) is 0. The standard InChI is InChI=1S/C12H23N/c1-10(2)8-9-13-11(3)12-6-4-5-7-12/h11-13H,1,4-9H2,2-3H3/t11-/m1/s1. The van der Waals surface area contributed by atoms with Crippen LogP contribution in [0.25, 0.3) is 0 Å². The van der Waals surface area contributed by atoms with Gasteiger partial charge in [0, 0.05) is 6.04 Å². The van der Waals surface area contributed by atoms with Crippen LogP contribution in [0.5, 0.6) is 0 Å². The third-order valence-electron chi connectivity index (χ3n) is 3.13. The van der Waals surface area contributed by atoms with Crippen LogP contribution < -0.4 is 5.32 Å². The van der Waals surface area contributed by atoms with Crippen LogP contribution in [0, 0.1) is 5.92 Å². The van der Waals surface area contributed by atoms with E-state index in [1.165, 1.54) is 31.3 Å². The van der Waals surface area contributed by atoms with Gasteiger partial charge in [-0.15, -0.1) is 6.58 Å². The predicted octanol–water partition coefficient (Wildman–Crippen LogP) is 3.12. The first-order valence-corrected chi connectivity index (χ1v) is 5.58. The van der Waals surface area contributed by atoms with Gasteiger partial charge in [0.1, 0.15) is 0 Å². The lowest BCUT2D eigenvalue weighted by atomic mass is 10.00. The minimum atomic E-state index is 0.710. The highest BCUT2D eigenvalue weighted by Gasteiger charge is 2.20. The van der Waals surface area contributed by atoms with Crippen molar-refractivity contribution >= 4 is 0 Å². The highest BCUT2D eigenvalue weighted by molar-refractivity contribution is 4.89. The van der Waals surface area contributed by atoms with E-state index in [0.29, 0.717) is 6.04 Å². The molecule has 1 saturated carbocycles. The van der Waals surface area contributed by atoms with Gasteiger partial charge in [-0.05, 0) is 45.6 Å². The molecular weight excluding hydrogens is 158 g/mol. The summed E-state index contributed by atoms with van der Waals surface area (Å²) in [6.45, 7) is 9.44. The molecule has 1 rings (SSSR count). The molecule has 0 saturated heterocycles. The largest absolute Gasteiger partial charge is 0.314 e. The second-order valence-corrected chi connectivity index (χ2v) is 4.49. The van der Waals surface area contributed by atoms with Gasteiger partial charge >= 0.3 is 0 Å². The Hall–Kier alpha value is -0.300. The Kier molecular flexibility index (Phi) is 4.51. The van der Waals surface area contributed by atoms with Gasteiger partial charge in [0.05, 0.1) is 0 Å². The monoisotopic (exact) mass is 181 g/mol. The lowest BCUT2D eigenvalue weighted by Gasteiger charge is -2.20. The highest BCUT2D eigenvalue weighted by atomic mass is 14.9. The molecule has 1 nitrogen and oxygen atoms in total. The normalized spacial score (nSPS) is 20.5. The lowest BCUT2D eigenvalue weighted by molar-refractivity contribution is 0.384. The molecule has 1 heteroatoms. The molecule has 0 heterocycles. The van der Waals surface area contributed by atoms with E-state index in [2.05, 4.69) is 25.7 Å². The van der Waals surface area contributed by atoms with Gasteiger partial charge in [0.2, 0.25) is 0 Å². The van der Waals surface area contributed by atoms with Gasteiger partial charge in [-0.25, -0.2) is 0 Å². The van der Waals surface area contributed by atoms with E-state index >= 15 is 0 Å². The maximum atomic E-state index is 3.91. The van der Waals surface area contributed by atoms with Gasteiger partial charge in [0.25, 0.3) is 0 Å².